The van der Waals surface area contributed by atoms with E-state index in [1.54, 1.807) is 55.5 Å². The summed E-state index contributed by atoms with van der Waals surface area (Å²) in [5.74, 6) is -2.71. The lowest BCUT2D eigenvalue weighted by Crippen LogP contribution is -2.50. The highest BCUT2D eigenvalue weighted by Gasteiger charge is 2.32. The number of aromatic nitrogens is 3. The zero-order valence-corrected chi connectivity index (χ0v) is 23.6. The molecule has 9 nitrogen and oxygen atoms in total. The zero-order valence-electron chi connectivity index (χ0n) is 22.8. The van der Waals surface area contributed by atoms with Crippen LogP contribution >= 0.6 is 0 Å². The van der Waals surface area contributed by atoms with E-state index in [1.807, 2.05) is 0 Å². The Balaban J connectivity index is 1.45. The van der Waals surface area contributed by atoms with Gasteiger partial charge in [0.1, 0.15) is 5.67 Å². The molecule has 42 heavy (non-hydrogen) atoms. The monoisotopic (exact) mass is 598 g/mol. The summed E-state index contributed by atoms with van der Waals surface area (Å²) in [6.45, 7) is 3.90. The molecule has 1 aliphatic heterocycles. The molecule has 4 atom stereocenters. The first-order valence-electron chi connectivity index (χ1n) is 13.1. The van der Waals surface area contributed by atoms with Crippen LogP contribution in [-0.2, 0) is 11.3 Å². The van der Waals surface area contributed by atoms with Crippen molar-refractivity contribution >= 4 is 17.2 Å². The van der Waals surface area contributed by atoms with E-state index >= 15 is 8.78 Å². The van der Waals surface area contributed by atoms with Gasteiger partial charge in [0.05, 0.1) is 17.3 Å². The number of alkyl halides is 1. The van der Waals surface area contributed by atoms with E-state index in [1.165, 1.54) is 25.4 Å². The molecule has 2 unspecified atom stereocenters. The lowest BCUT2D eigenvalue weighted by Gasteiger charge is -2.33. The van der Waals surface area contributed by atoms with Gasteiger partial charge in [-0.3, -0.25) is 4.55 Å². The van der Waals surface area contributed by atoms with Crippen LogP contribution in [0.3, 0.4) is 0 Å². The number of aryl methyl sites for hydroxylation is 1. The Labute approximate surface area is 243 Å². The van der Waals surface area contributed by atoms with Gasteiger partial charge in [0, 0.05) is 43.5 Å². The number of rotatable bonds is 9. The van der Waals surface area contributed by atoms with Crippen LogP contribution in [0.5, 0.6) is 11.6 Å². The summed E-state index contributed by atoms with van der Waals surface area (Å²) < 4.78 is 74.9. The molecule has 1 saturated heterocycles. The van der Waals surface area contributed by atoms with Crippen LogP contribution in [0, 0.1) is 18.6 Å². The van der Waals surface area contributed by atoms with Gasteiger partial charge in [-0.15, -0.1) is 0 Å². The summed E-state index contributed by atoms with van der Waals surface area (Å²) in [6.07, 6.45) is 3.24. The van der Waals surface area contributed by atoms with Crippen molar-refractivity contribution in [3.05, 3.63) is 95.3 Å². The number of halogens is 3. The SMILES string of the molecule is Cc1cc(Oc2ncccc2-c2ccnc(N[C@@H]3CNC[C@@](C)(F)C3)n2)c(F)c(F)c1C(NS(=O)O)c1ccccc1. The van der Waals surface area contributed by atoms with Gasteiger partial charge in [-0.05, 0) is 49.2 Å². The Morgan fingerprint density at radius 3 is 2.64 bits per heavy atom. The van der Waals surface area contributed by atoms with Crippen LogP contribution < -0.4 is 20.1 Å². The maximum atomic E-state index is 15.6. The number of hydrogen-bond donors (Lipinski definition) is 4. The molecule has 4 N–H and O–H groups in total. The third-order valence-electron chi connectivity index (χ3n) is 6.86. The smallest absolute Gasteiger partial charge is 0.232 e. The van der Waals surface area contributed by atoms with Crippen molar-refractivity contribution in [2.24, 2.45) is 0 Å². The Morgan fingerprint density at radius 1 is 1.12 bits per heavy atom. The van der Waals surface area contributed by atoms with Crippen molar-refractivity contribution in [1.82, 2.24) is 25.0 Å². The van der Waals surface area contributed by atoms with Gasteiger partial charge in [0.2, 0.25) is 28.9 Å². The minimum absolute atomic E-state index is 0.0301. The van der Waals surface area contributed by atoms with Crippen LogP contribution in [0.2, 0.25) is 0 Å². The summed E-state index contributed by atoms with van der Waals surface area (Å²) in [5.41, 5.74) is 0.0364. The van der Waals surface area contributed by atoms with Gasteiger partial charge in [-0.1, -0.05) is 30.3 Å². The first-order chi connectivity index (χ1) is 20.1. The van der Waals surface area contributed by atoms with E-state index in [2.05, 4.69) is 30.3 Å². The molecule has 2 aromatic carbocycles. The fourth-order valence-corrected chi connectivity index (χ4v) is 5.46. The number of piperidine rings is 1. The van der Waals surface area contributed by atoms with Crippen molar-refractivity contribution in [2.75, 3.05) is 18.4 Å². The van der Waals surface area contributed by atoms with Gasteiger partial charge in [-0.25, -0.2) is 32.7 Å². The molecular weight excluding hydrogens is 569 g/mol. The standard InChI is InChI=1S/C29H29F3N6O3S/c1-17-13-22(24(30)25(31)23(17)26(38-42(39)40)18-7-4-3-5-8-18)41-27-20(9-6-11-34-27)21-10-12-35-28(37-21)36-19-14-29(2,32)16-33-15-19/h3-13,19,26,33,38H,14-16H2,1-2H3,(H,39,40)(H,35,36,37)/t19-,26?,29-/m0/s1. The third-order valence-corrected chi connectivity index (χ3v) is 7.29. The minimum atomic E-state index is -2.51. The quantitative estimate of drug-likeness (QED) is 0.193. The topological polar surface area (TPSA) is 121 Å². The minimum Gasteiger partial charge on any atom is -0.435 e. The van der Waals surface area contributed by atoms with E-state index in [0.29, 0.717) is 23.4 Å². The third kappa shape index (κ3) is 6.76. The lowest BCUT2D eigenvalue weighted by molar-refractivity contribution is 0.137. The number of benzene rings is 2. The predicted molar refractivity (Wildman–Crippen MR) is 153 cm³/mol. The molecule has 3 heterocycles. The maximum Gasteiger partial charge on any atom is 0.232 e. The molecular formula is C29H29F3N6O3S. The second-order valence-corrected chi connectivity index (χ2v) is 11.0. The van der Waals surface area contributed by atoms with Crippen LogP contribution in [0.4, 0.5) is 19.1 Å². The number of ether oxygens (including phenoxy) is 1. The highest BCUT2D eigenvalue weighted by molar-refractivity contribution is 7.77. The number of hydrogen-bond acceptors (Lipinski definition) is 7. The van der Waals surface area contributed by atoms with E-state index < -0.39 is 40.4 Å². The van der Waals surface area contributed by atoms with Crippen LogP contribution in [0.1, 0.15) is 36.1 Å². The average molecular weight is 599 g/mol. The lowest BCUT2D eigenvalue weighted by atomic mass is 9.94. The number of anilines is 1. The molecule has 1 aliphatic rings. The Hall–Kier alpha value is -3.91. The molecule has 0 amide bonds. The first-order valence-corrected chi connectivity index (χ1v) is 14.2. The predicted octanol–water partition coefficient (Wildman–Crippen LogP) is 5.24. The molecule has 0 aliphatic carbocycles. The molecule has 1 fully saturated rings. The molecule has 0 bridgehead atoms. The Bertz CT molecular complexity index is 1590. The Morgan fingerprint density at radius 2 is 1.90 bits per heavy atom. The van der Waals surface area contributed by atoms with Crippen molar-refractivity contribution in [3.8, 4) is 22.9 Å². The fourth-order valence-electron chi connectivity index (χ4n) is 5.01. The van der Waals surface area contributed by atoms with Crippen LogP contribution in [-0.4, -0.2) is 48.5 Å². The molecule has 0 saturated carbocycles. The van der Waals surface area contributed by atoms with E-state index in [4.69, 9.17) is 4.74 Å². The van der Waals surface area contributed by atoms with E-state index in [9.17, 15) is 13.2 Å². The van der Waals surface area contributed by atoms with Gasteiger partial charge < -0.3 is 15.4 Å². The molecule has 4 aromatic rings. The number of nitrogens with zero attached hydrogens (tertiary/aromatic N) is 3. The Kier molecular flexibility index (Phi) is 8.82. The number of nitrogens with one attached hydrogen (secondary N) is 3. The summed E-state index contributed by atoms with van der Waals surface area (Å²) in [5, 5.41) is 6.19. The fraction of sp³-hybridized carbons (Fsp3) is 0.276. The number of pyridine rings is 1. The van der Waals surface area contributed by atoms with Crippen LogP contribution in [0.15, 0.2) is 67.0 Å². The zero-order chi connectivity index (χ0) is 29.9. The van der Waals surface area contributed by atoms with E-state index in [0.717, 1.165) is 0 Å². The summed E-state index contributed by atoms with van der Waals surface area (Å²) in [6, 6.07) is 13.3. The van der Waals surface area contributed by atoms with Crippen LogP contribution in [0.25, 0.3) is 11.3 Å². The van der Waals surface area contributed by atoms with Crippen molar-refractivity contribution in [3.63, 3.8) is 0 Å². The highest BCUT2D eigenvalue weighted by Crippen LogP contribution is 2.37. The molecule has 0 radical (unpaired) electrons. The summed E-state index contributed by atoms with van der Waals surface area (Å²) in [4.78, 5) is 13.0. The van der Waals surface area contributed by atoms with Gasteiger partial charge >= 0.3 is 0 Å². The second kappa shape index (κ2) is 12.5. The largest absolute Gasteiger partial charge is 0.435 e. The first kappa shape index (κ1) is 29.6. The molecule has 2 aromatic heterocycles. The van der Waals surface area contributed by atoms with E-state index in [-0.39, 0.29) is 42.0 Å². The molecule has 0 spiro atoms. The van der Waals surface area contributed by atoms with Gasteiger partial charge in [0.15, 0.2) is 11.6 Å². The van der Waals surface area contributed by atoms with Crippen molar-refractivity contribution < 1.29 is 26.7 Å². The van der Waals surface area contributed by atoms with Crippen molar-refractivity contribution in [1.29, 1.82) is 0 Å². The molecule has 13 heteroatoms. The van der Waals surface area contributed by atoms with Gasteiger partial charge in [-0.2, -0.15) is 4.39 Å². The normalized spacial score (nSPS) is 20.1. The summed E-state index contributed by atoms with van der Waals surface area (Å²) in [7, 11) is 0. The second-order valence-electron chi connectivity index (χ2n) is 10.3. The highest BCUT2D eigenvalue weighted by atomic mass is 32.2. The molecule has 220 valence electrons. The summed E-state index contributed by atoms with van der Waals surface area (Å²) >= 11 is -2.51. The maximum absolute atomic E-state index is 15.6. The van der Waals surface area contributed by atoms with Gasteiger partial charge in [0.25, 0.3) is 0 Å². The average Bonchev–Trinajstić information content (AvgIpc) is 2.95. The van der Waals surface area contributed by atoms with Crippen molar-refractivity contribution in [2.45, 2.75) is 38.0 Å². The molecule has 5 rings (SSSR count).